The molecule has 3 heteroatoms. The summed E-state index contributed by atoms with van der Waals surface area (Å²) in [6.07, 6.45) is 5.47. The molecule has 0 radical (unpaired) electrons. The van der Waals surface area contributed by atoms with Crippen LogP contribution in [0.4, 0.5) is 0 Å². The van der Waals surface area contributed by atoms with Crippen molar-refractivity contribution in [3.63, 3.8) is 0 Å². The fraction of sp³-hybridized carbons (Fsp3) is 0. The lowest BCUT2D eigenvalue weighted by Gasteiger charge is -2.08. The first-order valence-electron chi connectivity index (χ1n) is 7.59. The third kappa shape index (κ3) is 1.83. The summed E-state index contributed by atoms with van der Waals surface area (Å²) in [6, 6.07) is 19.2. The van der Waals surface area contributed by atoms with Crippen LogP contribution in [-0.4, -0.2) is 15.0 Å². The second-order valence-electron chi connectivity index (χ2n) is 5.71. The lowest BCUT2D eigenvalue weighted by Crippen LogP contribution is -1.87. The van der Waals surface area contributed by atoms with E-state index in [0.29, 0.717) is 0 Å². The van der Waals surface area contributed by atoms with Crippen molar-refractivity contribution in [2.24, 2.45) is 0 Å². The van der Waals surface area contributed by atoms with E-state index in [9.17, 15) is 0 Å². The molecule has 1 N–H and O–H groups in total. The number of rotatable bonds is 1. The summed E-state index contributed by atoms with van der Waals surface area (Å²) in [7, 11) is 0. The monoisotopic (exact) mass is 295 g/mol. The van der Waals surface area contributed by atoms with Crippen molar-refractivity contribution in [3.05, 3.63) is 73.3 Å². The lowest BCUT2D eigenvalue weighted by molar-refractivity contribution is 1.23. The molecular weight excluding hydrogens is 282 g/mol. The molecule has 2 aromatic heterocycles. The highest BCUT2D eigenvalue weighted by Crippen LogP contribution is 2.34. The van der Waals surface area contributed by atoms with Gasteiger partial charge in [-0.15, -0.1) is 0 Å². The second kappa shape index (κ2) is 4.65. The van der Waals surface area contributed by atoms with Gasteiger partial charge in [0.1, 0.15) is 0 Å². The molecule has 5 rings (SSSR count). The van der Waals surface area contributed by atoms with Gasteiger partial charge in [-0.2, -0.15) is 0 Å². The second-order valence-corrected chi connectivity index (χ2v) is 5.71. The minimum atomic E-state index is 1.02. The van der Waals surface area contributed by atoms with E-state index >= 15 is 0 Å². The van der Waals surface area contributed by atoms with Gasteiger partial charge < -0.3 is 4.98 Å². The minimum absolute atomic E-state index is 1.02. The maximum absolute atomic E-state index is 4.58. The van der Waals surface area contributed by atoms with Gasteiger partial charge in [-0.1, -0.05) is 36.4 Å². The summed E-state index contributed by atoms with van der Waals surface area (Å²) in [5, 5.41) is 4.72. The van der Waals surface area contributed by atoms with Crippen LogP contribution in [0.15, 0.2) is 73.3 Å². The maximum atomic E-state index is 4.58. The SMILES string of the molecule is c1ccc2cc(-c3cc4[nH]cncc4c4ccnc34)ccc2c1. The molecule has 0 aliphatic carbocycles. The van der Waals surface area contributed by atoms with Crippen LogP contribution in [0.5, 0.6) is 0 Å². The minimum Gasteiger partial charge on any atom is -0.346 e. The predicted octanol–water partition coefficient (Wildman–Crippen LogP) is 4.93. The van der Waals surface area contributed by atoms with Crippen LogP contribution in [0.25, 0.3) is 43.7 Å². The summed E-state index contributed by atoms with van der Waals surface area (Å²) in [5.74, 6) is 0. The molecule has 0 aliphatic heterocycles. The van der Waals surface area contributed by atoms with Crippen LogP contribution in [0.3, 0.4) is 0 Å². The van der Waals surface area contributed by atoms with E-state index in [1.165, 1.54) is 16.3 Å². The molecule has 0 fully saturated rings. The summed E-state index contributed by atoms with van der Waals surface area (Å²) in [6.45, 7) is 0. The molecule has 5 aromatic rings. The number of nitrogens with zero attached hydrogens (tertiary/aromatic N) is 2. The smallest absolute Gasteiger partial charge is 0.0923 e. The van der Waals surface area contributed by atoms with Crippen LogP contribution >= 0.6 is 0 Å². The topological polar surface area (TPSA) is 41.6 Å². The van der Waals surface area contributed by atoms with Crippen molar-refractivity contribution in [3.8, 4) is 11.1 Å². The average molecular weight is 295 g/mol. The lowest BCUT2D eigenvalue weighted by atomic mass is 9.98. The molecule has 0 bridgehead atoms. The van der Waals surface area contributed by atoms with E-state index < -0.39 is 0 Å². The van der Waals surface area contributed by atoms with E-state index in [1.54, 1.807) is 6.33 Å². The largest absolute Gasteiger partial charge is 0.346 e. The zero-order valence-corrected chi connectivity index (χ0v) is 12.3. The quantitative estimate of drug-likeness (QED) is 0.476. The summed E-state index contributed by atoms with van der Waals surface area (Å²) < 4.78 is 0. The highest BCUT2D eigenvalue weighted by atomic mass is 14.8. The molecule has 0 saturated carbocycles. The Bertz CT molecular complexity index is 1170. The van der Waals surface area contributed by atoms with Gasteiger partial charge in [0.15, 0.2) is 0 Å². The molecule has 3 nitrogen and oxygen atoms in total. The van der Waals surface area contributed by atoms with Crippen molar-refractivity contribution in [2.75, 3.05) is 0 Å². The summed E-state index contributed by atoms with van der Waals surface area (Å²) in [5.41, 5.74) is 4.42. The first kappa shape index (κ1) is 12.4. The fourth-order valence-corrected chi connectivity index (χ4v) is 3.26. The van der Waals surface area contributed by atoms with Gasteiger partial charge in [0, 0.05) is 34.2 Å². The molecule has 0 unspecified atom stereocenters. The normalized spacial score (nSPS) is 11.5. The van der Waals surface area contributed by atoms with Crippen LogP contribution in [0, 0.1) is 0 Å². The highest BCUT2D eigenvalue weighted by molar-refractivity contribution is 6.11. The summed E-state index contributed by atoms with van der Waals surface area (Å²) in [4.78, 5) is 12.0. The molecule has 0 atom stereocenters. The maximum Gasteiger partial charge on any atom is 0.0923 e. The Balaban J connectivity index is 1.87. The van der Waals surface area contributed by atoms with Crippen molar-refractivity contribution in [1.82, 2.24) is 15.0 Å². The molecular formula is C20H13N3. The van der Waals surface area contributed by atoms with E-state index in [-0.39, 0.29) is 0 Å². The van der Waals surface area contributed by atoms with Gasteiger partial charge in [0.2, 0.25) is 0 Å². The Labute approximate surface area is 132 Å². The van der Waals surface area contributed by atoms with E-state index in [1.807, 2.05) is 12.4 Å². The van der Waals surface area contributed by atoms with Gasteiger partial charge >= 0.3 is 0 Å². The molecule has 0 amide bonds. The number of benzene rings is 3. The first-order valence-corrected chi connectivity index (χ1v) is 7.59. The average Bonchev–Trinajstić information content (AvgIpc) is 3.11. The zero-order chi connectivity index (χ0) is 15.2. The van der Waals surface area contributed by atoms with Gasteiger partial charge in [-0.3, -0.25) is 4.98 Å². The van der Waals surface area contributed by atoms with E-state index in [4.69, 9.17) is 0 Å². The van der Waals surface area contributed by atoms with Crippen LogP contribution in [0.2, 0.25) is 0 Å². The number of aromatic nitrogens is 3. The Morgan fingerprint density at radius 2 is 1.74 bits per heavy atom. The number of aromatic amines is 1. The molecule has 3 aromatic carbocycles. The Kier molecular flexibility index (Phi) is 2.50. The molecule has 0 saturated heterocycles. The third-order valence-corrected chi connectivity index (χ3v) is 4.38. The molecule has 23 heavy (non-hydrogen) atoms. The van der Waals surface area contributed by atoms with Gasteiger partial charge in [0.05, 0.1) is 11.8 Å². The summed E-state index contributed by atoms with van der Waals surface area (Å²) >= 11 is 0. The Hall–Kier alpha value is -3.20. The standard InChI is InChI=1S/C20H13N3/c1-2-4-14-9-15(6-5-13(14)3-1)17-10-19-18(11-21-12-23-19)16-7-8-22-20(16)17/h1-12H,(H,21,23). The van der Waals surface area contributed by atoms with Crippen molar-refractivity contribution in [1.29, 1.82) is 0 Å². The molecule has 0 spiro atoms. The zero-order valence-electron chi connectivity index (χ0n) is 12.3. The highest BCUT2D eigenvalue weighted by Gasteiger charge is 2.11. The van der Waals surface area contributed by atoms with Crippen LogP contribution in [0.1, 0.15) is 0 Å². The third-order valence-electron chi connectivity index (χ3n) is 4.38. The van der Waals surface area contributed by atoms with Crippen LogP contribution < -0.4 is 0 Å². The number of nitrogens with one attached hydrogen (secondary N) is 1. The van der Waals surface area contributed by atoms with Crippen molar-refractivity contribution < 1.29 is 0 Å². The molecule has 2 heterocycles. The number of H-pyrrole nitrogens is 1. The Morgan fingerprint density at radius 1 is 0.826 bits per heavy atom. The van der Waals surface area contributed by atoms with E-state index in [2.05, 4.69) is 69.5 Å². The van der Waals surface area contributed by atoms with E-state index in [0.717, 1.165) is 27.4 Å². The fourth-order valence-electron chi connectivity index (χ4n) is 3.26. The van der Waals surface area contributed by atoms with Gasteiger partial charge in [0.25, 0.3) is 0 Å². The van der Waals surface area contributed by atoms with Crippen molar-refractivity contribution in [2.45, 2.75) is 0 Å². The number of fused-ring (bicyclic) bond motifs is 4. The number of hydrogen-bond acceptors (Lipinski definition) is 2. The molecule has 108 valence electrons. The van der Waals surface area contributed by atoms with Gasteiger partial charge in [-0.05, 0) is 34.5 Å². The first-order chi connectivity index (χ1) is 11.4. The number of hydrogen-bond donors (Lipinski definition) is 1. The van der Waals surface area contributed by atoms with Crippen molar-refractivity contribution >= 4 is 32.6 Å². The Morgan fingerprint density at radius 3 is 2.70 bits per heavy atom. The van der Waals surface area contributed by atoms with Crippen LogP contribution in [-0.2, 0) is 0 Å². The molecule has 0 aliphatic rings. The van der Waals surface area contributed by atoms with Gasteiger partial charge in [-0.25, -0.2) is 4.98 Å². The predicted molar refractivity (Wildman–Crippen MR) is 94.3 cm³/mol.